The van der Waals surface area contributed by atoms with Gasteiger partial charge in [-0.1, -0.05) is 0 Å². The molecule has 2 atom stereocenters. The maximum atomic E-state index is 12.3. The summed E-state index contributed by atoms with van der Waals surface area (Å²) >= 11 is 0. The number of aliphatic carboxylic acids is 2. The van der Waals surface area contributed by atoms with Gasteiger partial charge in [-0.05, 0) is 30.7 Å². The third-order valence-corrected chi connectivity index (χ3v) is 4.75. The number of rotatable bonds is 9. The lowest BCUT2D eigenvalue weighted by Crippen LogP contribution is -2.41. The summed E-state index contributed by atoms with van der Waals surface area (Å²) in [6, 6.07) is 4.93. The number of nitrogens with zero attached hydrogens (tertiary/aromatic N) is 1. The molecule has 15 heteroatoms. The first kappa shape index (κ1) is 26.4. The van der Waals surface area contributed by atoms with Gasteiger partial charge in [-0.15, -0.1) is 0 Å². The molecule has 35 heavy (non-hydrogen) atoms. The second kappa shape index (κ2) is 12.4. The van der Waals surface area contributed by atoms with Gasteiger partial charge in [-0.2, -0.15) is 4.98 Å². The van der Waals surface area contributed by atoms with Crippen LogP contribution in [0, 0.1) is 5.41 Å². The molecule has 15 nitrogen and oxygen atoms in total. The first-order valence-electron chi connectivity index (χ1n) is 10.3. The molecule has 0 radical (unpaired) electrons. The fraction of sp³-hybridized carbons (Fsp3) is 0.300. The number of anilines is 4. The van der Waals surface area contributed by atoms with Crippen molar-refractivity contribution in [1.82, 2.24) is 15.3 Å². The van der Waals surface area contributed by atoms with Crippen LogP contribution in [0.25, 0.3) is 0 Å². The van der Waals surface area contributed by atoms with Gasteiger partial charge in [0.05, 0.1) is 12.4 Å². The second-order valence-electron chi connectivity index (χ2n) is 7.32. The van der Waals surface area contributed by atoms with Crippen LogP contribution in [0.2, 0.25) is 0 Å². The van der Waals surface area contributed by atoms with E-state index in [1.54, 1.807) is 12.1 Å². The van der Waals surface area contributed by atoms with E-state index in [0.717, 1.165) is 6.34 Å². The molecule has 1 aliphatic rings. The van der Waals surface area contributed by atoms with Crippen molar-refractivity contribution in [2.45, 2.75) is 24.9 Å². The van der Waals surface area contributed by atoms with E-state index in [9.17, 15) is 19.2 Å². The molecule has 3 rings (SSSR count). The van der Waals surface area contributed by atoms with E-state index in [1.165, 1.54) is 12.1 Å². The smallest absolute Gasteiger partial charge is 0.326 e. The van der Waals surface area contributed by atoms with Gasteiger partial charge in [0.25, 0.3) is 11.5 Å². The Morgan fingerprint density at radius 1 is 1.26 bits per heavy atom. The molecule has 0 spiro atoms. The molecular weight excluding hydrogens is 462 g/mol. The number of hydrogen-bond donors (Lipinski definition) is 10. The van der Waals surface area contributed by atoms with Crippen LogP contribution in [-0.2, 0) is 9.59 Å². The SMILES string of the molecule is N=CN.Nc1nc2c(c(=O)[nH]1)NC(CNc1ccc(C(=O)N[C@@H](CCC(=O)O)C(=O)O)cc1)CN2. The third-order valence-electron chi connectivity index (χ3n) is 4.75. The van der Waals surface area contributed by atoms with Crippen molar-refractivity contribution in [2.24, 2.45) is 5.73 Å². The molecule has 0 fully saturated rings. The molecule has 2 aromatic rings. The van der Waals surface area contributed by atoms with Gasteiger partial charge in [0.1, 0.15) is 11.7 Å². The van der Waals surface area contributed by atoms with Crippen molar-refractivity contribution in [3.8, 4) is 0 Å². The zero-order valence-electron chi connectivity index (χ0n) is 18.5. The van der Waals surface area contributed by atoms with Crippen molar-refractivity contribution in [2.75, 3.05) is 34.8 Å². The van der Waals surface area contributed by atoms with Gasteiger partial charge in [0.15, 0.2) is 5.82 Å². The summed E-state index contributed by atoms with van der Waals surface area (Å²) in [5, 5.41) is 35.4. The lowest BCUT2D eigenvalue weighted by atomic mass is 10.1. The monoisotopic (exact) mass is 489 g/mol. The maximum Gasteiger partial charge on any atom is 0.326 e. The van der Waals surface area contributed by atoms with E-state index in [1.807, 2.05) is 0 Å². The molecule has 0 saturated heterocycles. The van der Waals surface area contributed by atoms with Crippen LogP contribution in [0.1, 0.15) is 23.2 Å². The van der Waals surface area contributed by atoms with E-state index in [4.69, 9.17) is 21.4 Å². The van der Waals surface area contributed by atoms with Crippen LogP contribution in [-0.4, -0.2) is 69.5 Å². The number of amides is 1. The summed E-state index contributed by atoms with van der Waals surface area (Å²) in [4.78, 5) is 52.6. The average molecular weight is 489 g/mol. The summed E-state index contributed by atoms with van der Waals surface area (Å²) in [5.74, 6) is -2.64. The maximum absolute atomic E-state index is 12.3. The molecule has 1 amide bonds. The predicted molar refractivity (Wildman–Crippen MR) is 129 cm³/mol. The van der Waals surface area contributed by atoms with Crippen molar-refractivity contribution in [3.63, 3.8) is 0 Å². The predicted octanol–water partition coefficient (Wildman–Crippen LogP) is -0.730. The second-order valence-corrected chi connectivity index (χ2v) is 7.32. The van der Waals surface area contributed by atoms with E-state index in [-0.39, 0.29) is 36.0 Å². The molecule has 0 bridgehead atoms. The minimum atomic E-state index is -1.30. The number of H-pyrrole nitrogens is 1. The van der Waals surface area contributed by atoms with Gasteiger partial charge >= 0.3 is 11.9 Å². The third kappa shape index (κ3) is 7.92. The Morgan fingerprint density at radius 2 is 1.91 bits per heavy atom. The highest BCUT2D eigenvalue weighted by Crippen LogP contribution is 2.20. The Bertz CT molecular complexity index is 1120. The normalized spacial score (nSPS) is 14.5. The summed E-state index contributed by atoms with van der Waals surface area (Å²) in [6.45, 7) is 0.960. The van der Waals surface area contributed by atoms with Crippen molar-refractivity contribution < 1.29 is 24.6 Å². The van der Waals surface area contributed by atoms with Crippen LogP contribution in [0.4, 0.5) is 23.1 Å². The van der Waals surface area contributed by atoms with Gasteiger partial charge in [0, 0.05) is 30.8 Å². The summed E-state index contributed by atoms with van der Waals surface area (Å²) in [5.41, 5.74) is 10.8. The van der Waals surface area contributed by atoms with Crippen LogP contribution in [0.5, 0.6) is 0 Å². The number of hydrogen-bond acceptors (Lipinski definition) is 10. The Morgan fingerprint density at radius 3 is 2.51 bits per heavy atom. The van der Waals surface area contributed by atoms with Crippen molar-refractivity contribution >= 4 is 47.3 Å². The molecule has 1 unspecified atom stereocenters. The fourth-order valence-electron chi connectivity index (χ4n) is 3.10. The highest BCUT2D eigenvalue weighted by molar-refractivity contribution is 5.96. The number of fused-ring (bicyclic) bond motifs is 1. The highest BCUT2D eigenvalue weighted by Gasteiger charge is 2.23. The van der Waals surface area contributed by atoms with E-state index in [0.29, 0.717) is 30.3 Å². The number of nitrogens with one attached hydrogen (secondary N) is 6. The number of aromatic amines is 1. The fourth-order valence-corrected chi connectivity index (χ4v) is 3.10. The minimum absolute atomic E-state index is 0.0281. The standard InChI is InChI=1S/C19H23N7O6.CH4N2/c20-19-25-15-14(17(30)26-19)23-11(8-22-15)7-21-10-3-1-9(2-4-10)16(29)24-12(18(31)32)5-6-13(27)28;2-1-3/h1-4,11-12,21,23H,5-8H2,(H,24,29)(H,27,28)(H,31,32)(H4,20,22,25,26,30);1H,(H3,2,3)/t11?,12-;/m0./s1. The van der Waals surface area contributed by atoms with Crippen molar-refractivity contribution in [3.05, 3.63) is 40.2 Å². The Balaban J connectivity index is 0.00000137. The first-order chi connectivity index (χ1) is 16.6. The van der Waals surface area contributed by atoms with Gasteiger partial charge < -0.3 is 42.9 Å². The number of nitrogens with two attached hydrogens (primary N) is 2. The minimum Gasteiger partial charge on any atom is -0.481 e. The van der Waals surface area contributed by atoms with Crippen LogP contribution in [0.3, 0.4) is 0 Å². The highest BCUT2D eigenvalue weighted by atomic mass is 16.4. The van der Waals surface area contributed by atoms with E-state index in [2.05, 4.69) is 37.0 Å². The summed E-state index contributed by atoms with van der Waals surface area (Å²) in [7, 11) is 0. The summed E-state index contributed by atoms with van der Waals surface area (Å²) in [6.07, 6.45) is 0.163. The lowest BCUT2D eigenvalue weighted by molar-refractivity contribution is -0.140. The first-order valence-corrected chi connectivity index (χ1v) is 10.3. The number of carbonyl (C=O) groups is 3. The molecule has 2 heterocycles. The number of nitrogen functional groups attached to an aromatic ring is 1. The zero-order valence-corrected chi connectivity index (χ0v) is 18.5. The number of carbonyl (C=O) groups excluding carboxylic acids is 1. The molecular formula is C20H27N9O6. The lowest BCUT2D eigenvalue weighted by Gasteiger charge is -2.27. The Hall–Kier alpha value is -4.82. The Labute approximate surface area is 198 Å². The number of carboxylic acids is 2. The molecule has 1 aliphatic heterocycles. The summed E-state index contributed by atoms with van der Waals surface area (Å²) < 4.78 is 0. The quantitative estimate of drug-likeness (QED) is 0.154. The van der Waals surface area contributed by atoms with E-state index >= 15 is 0 Å². The van der Waals surface area contributed by atoms with Gasteiger partial charge in [-0.3, -0.25) is 24.8 Å². The van der Waals surface area contributed by atoms with E-state index < -0.39 is 23.9 Å². The Kier molecular flexibility index (Phi) is 9.39. The molecule has 0 saturated carbocycles. The average Bonchev–Trinajstić information content (AvgIpc) is 2.81. The largest absolute Gasteiger partial charge is 0.481 e. The van der Waals surface area contributed by atoms with Crippen molar-refractivity contribution in [1.29, 1.82) is 5.41 Å². The van der Waals surface area contributed by atoms with Gasteiger partial charge in [-0.25, -0.2) is 4.79 Å². The molecule has 1 aromatic heterocycles. The number of carboxylic acid groups (broad SMARTS) is 2. The van der Waals surface area contributed by atoms with Crippen LogP contribution >= 0.6 is 0 Å². The molecule has 1 aromatic carbocycles. The van der Waals surface area contributed by atoms with Gasteiger partial charge in [0.2, 0.25) is 5.95 Å². The van der Waals surface area contributed by atoms with Crippen LogP contribution in [0.15, 0.2) is 29.1 Å². The number of aromatic nitrogens is 2. The zero-order chi connectivity index (χ0) is 26.0. The molecule has 0 aliphatic carbocycles. The molecule has 188 valence electrons. The topological polar surface area (TPSA) is 261 Å². The van der Waals surface area contributed by atoms with Crippen LogP contribution < -0.4 is 38.3 Å². The number of benzene rings is 1. The molecule has 12 N–H and O–H groups in total.